The summed E-state index contributed by atoms with van der Waals surface area (Å²) in [5, 5.41) is 7.14. The molecule has 1 nitrogen and oxygen atoms in total. The van der Waals surface area contributed by atoms with Gasteiger partial charge < -0.3 is 0 Å². The van der Waals surface area contributed by atoms with Crippen LogP contribution in [0.25, 0.3) is 33.7 Å². The Morgan fingerprint density at radius 2 is 1.63 bits per heavy atom. The number of fused-ring (bicyclic) bond motifs is 4. The SMILES string of the molecule is O=C1C=c2cc3c(ccc4ccccc43)cc2=CC1. The summed E-state index contributed by atoms with van der Waals surface area (Å²) in [4.78, 5) is 11.5. The molecule has 0 unspecified atom stereocenters. The highest BCUT2D eigenvalue weighted by atomic mass is 16.1. The Morgan fingerprint density at radius 1 is 0.789 bits per heavy atom. The second-order valence-corrected chi connectivity index (χ2v) is 5.01. The minimum atomic E-state index is 0.187. The predicted molar refractivity (Wildman–Crippen MR) is 79.3 cm³/mol. The van der Waals surface area contributed by atoms with Crippen molar-refractivity contribution in [2.75, 3.05) is 0 Å². The number of carbonyl (C=O) groups is 1. The summed E-state index contributed by atoms with van der Waals surface area (Å²) in [6.45, 7) is 0. The van der Waals surface area contributed by atoms with Gasteiger partial charge in [0.15, 0.2) is 5.78 Å². The van der Waals surface area contributed by atoms with Gasteiger partial charge in [-0.15, -0.1) is 0 Å². The molecule has 4 rings (SSSR count). The third-order valence-corrected chi connectivity index (χ3v) is 3.79. The molecule has 1 heteroatoms. The maximum absolute atomic E-state index is 11.5. The number of Topliss-reactive ketones (excluding diaryl/α,β-unsaturated/α-hetero) is 1. The van der Waals surface area contributed by atoms with Crippen molar-refractivity contribution < 1.29 is 4.79 Å². The molecule has 19 heavy (non-hydrogen) atoms. The molecule has 0 atom stereocenters. The van der Waals surface area contributed by atoms with Gasteiger partial charge in [0, 0.05) is 6.42 Å². The van der Waals surface area contributed by atoms with Gasteiger partial charge in [0.1, 0.15) is 0 Å². The molecule has 0 saturated carbocycles. The fourth-order valence-corrected chi connectivity index (χ4v) is 2.83. The summed E-state index contributed by atoms with van der Waals surface area (Å²) in [5.74, 6) is 0.187. The van der Waals surface area contributed by atoms with E-state index in [9.17, 15) is 4.79 Å². The predicted octanol–water partition coefficient (Wildman–Crippen LogP) is 2.53. The quantitative estimate of drug-likeness (QED) is 0.555. The van der Waals surface area contributed by atoms with Crippen LogP contribution in [0.5, 0.6) is 0 Å². The van der Waals surface area contributed by atoms with E-state index in [1.807, 2.05) is 6.08 Å². The van der Waals surface area contributed by atoms with Crippen LogP contribution in [0.2, 0.25) is 0 Å². The largest absolute Gasteiger partial charge is 0.294 e. The van der Waals surface area contributed by atoms with Crippen LogP contribution >= 0.6 is 0 Å². The van der Waals surface area contributed by atoms with E-state index in [2.05, 4.69) is 48.5 Å². The van der Waals surface area contributed by atoms with Crippen LogP contribution in [0.1, 0.15) is 6.42 Å². The summed E-state index contributed by atoms with van der Waals surface area (Å²) in [5.41, 5.74) is 0. The summed E-state index contributed by atoms with van der Waals surface area (Å²) in [6.07, 6.45) is 4.30. The van der Waals surface area contributed by atoms with E-state index >= 15 is 0 Å². The van der Waals surface area contributed by atoms with Crippen LogP contribution in [0.3, 0.4) is 0 Å². The van der Waals surface area contributed by atoms with Gasteiger partial charge >= 0.3 is 0 Å². The first kappa shape index (κ1) is 10.5. The van der Waals surface area contributed by atoms with E-state index in [1.54, 1.807) is 6.08 Å². The topological polar surface area (TPSA) is 17.1 Å². The molecule has 0 amide bonds. The first-order valence-corrected chi connectivity index (χ1v) is 6.47. The summed E-state index contributed by atoms with van der Waals surface area (Å²) >= 11 is 0. The summed E-state index contributed by atoms with van der Waals surface area (Å²) in [7, 11) is 0. The molecule has 90 valence electrons. The summed E-state index contributed by atoms with van der Waals surface area (Å²) < 4.78 is 0. The molecular weight excluding hydrogens is 232 g/mol. The van der Waals surface area contributed by atoms with Crippen molar-refractivity contribution in [3.8, 4) is 0 Å². The van der Waals surface area contributed by atoms with Crippen molar-refractivity contribution in [2.45, 2.75) is 6.42 Å². The van der Waals surface area contributed by atoms with Crippen molar-refractivity contribution >= 4 is 39.5 Å². The lowest BCUT2D eigenvalue weighted by Gasteiger charge is -2.06. The van der Waals surface area contributed by atoms with Gasteiger partial charge in [-0.05, 0) is 50.2 Å². The van der Waals surface area contributed by atoms with E-state index in [0.29, 0.717) is 6.42 Å². The van der Waals surface area contributed by atoms with Gasteiger partial charge in [0.05, 0.1) is 0 Å². The van der Waals surface area contributed by atoms with Crippen LogP contribution in [0.4, 0.5) is 0 Å². The Bertz CT molecular complexity index is 948. The van der Waals surface area contributed by atoms with Gasteiger partial charge in [-0.2, -0.15) is 0 Å². The van der Waals surface area contributed by atoms with Crippen molar-refractivity contribution in [3.05, 3.63) is 59.0 Å². The van der Waals surface area contributed by atoms with E-state index in [-0.39, 0.29) is 5.78 Å². The standard InChI is InChI=1S/C18H12O/c19-16-8-7-13-9-14-6-5-12-3-1-2-4-17(12)18(14)11-15(13)10-16/h1-7,9-11H,8H2. The lowest BCUT2D eigenvalue weighted by Crippen LogP contribution is -2.28. The number of benzene rings is 3. The average Bonchev–Trinajstić information content (AvgIpc) is 2.45. The fraction of sp³-hybridized carbons (Fsp3) is 0.0556. The molecule has 0 saturated heterocycles. The van der Waals surface area contributed by atoms with Crippen LogP contribution < -0.4 is 10.4 Å². The van der Waals surface area contributed by atoms with E-state index in [4.69, 9.17) is 0 Å². The number of carbonyl (C=O) groups excluding carboxylic acids is 1. The Labute approximate surface area is 110 Å². The number of rotatable bonds is 0. The van der Waals surface area contributed by atoms with Gasteiger partial charge in [0.2, 0.25) is 0 Å². The lowest BCUT2D eigenvalue weighted by molar-refractivity contribution is -0.112. The van der Waals surface area contributed by atoms with E-state index in [1.165, 1.54) is 26.8 Å². The van der Waals surface area contributed by atoms with Gasteiger partial charge in [-0.1, -0.05) is 42.5 Å². The highest BCUT2D eigenvalue weighted by Crippen LogP contribution is 2.23. The molecule has 3 aromatic rings. The lowest BCUT2D eigenvalue weighted by atomic mass is 9.98. The molecule has 0 spiro atoms. The summed E-state index contributed by atoms with van der Waals surface area (Å²) in [6, 6.07) is 17.0. The Balaban J connectivity index is 2.24. The van der Waals surface area contributed by atoms with Gasteiger partial charge in [0.25, 0.3) is 0 Å². The van der Waals surface area contributed by atoms with Crippen LogP contribution in [0, 0.1) is 0 Å². The minimum Gasteiger partial charge on any atom is -0.294 e. The van der Waals surface area contributed by atoms with Crippen molar-refractivity contribution in [3.63, 3.8) is 0 Å². The van der Waals surface area contributed by atoms with Crippen molar-refractivity contribution in [1.82, 2.24) is 0 Å². The number of hydrogen-bond acceptors (Lipinski definition) is 1. The zero-order valence-corrected chi connectivity index (χ0v) is 10.4. The third-order valence-electron chi connectivity index (χ3n) is 3.79. The van der Waals surface area contributed by atoms with Crippen LogP contribution in [-0.4, -0.2) is 5.78 Å². The maximum Gasteiger partial charge on any atom is 0.160 e. The average molecular weight is 244 g/mol. The smallest absolute Gasteiger partial charge is 0.160 e. The van der Waals surface area contributed by atoms with Gasteiger partial charge in [-0.25, -0.2) is 0 Å². The second kappa shape index (κ2) is 3.79. The molecule has 0 radical (unpaired) electrons. The monoisotopic (exact) mass is 244 g/mol. The molecule has 0 aromatic heterocycles. The molecule has 0 heterocycles. The highest BCUT2D eigenvalue weighted by Gasteiger charge is 2.05. The maximum atomic E-state index is 11.5. The third kappa shape index (κ3) is 1.59. The Hall–Kier alpha value is -2.41. The van der Waals surface area contributed by atoms with Gasteiger partial charge in [-0.3, -0.25) is 4.79 Å². The fourth-order valence-electron chi connectivity index (χ4n) is 2.83. The molecule has 0 bridgehead atoms. The van der Waals surface area contributed by atoms with Crippen LogP contribution in [0.15, 0.2) is 48.5 Å². The Kier molecular flexibility index (Phi) is 2.10. The van der Waals surface area contributed by atoms with E-state index < -0.39 is 0 Å². The zero-order valence-electron chi connectivity index (χ0n) is 10.4. The number of ketones is 1. The second-order valence-electron chi connectivity index (χ2n) is 5.01. The molecule has 3 aromatic carbocycles. The van der Waals surface area contributed by atoms with E-state index in [0.717, 1.165) is 5.22 Å². The zero-order chi connectivity index (χ0) is 12.8. The Morgan fingerprint density at radius 3 is 2.58 bits per heavy atom. The first-order chi connectivity index (χ1) is 9.31. The molecule has 1 aliphatic rings. The highest BCUT2D eigenvalue weighted by molar-refractivity contribution is 6.11. The normalized spacial score (nSPS) is 14.0. The molecule has 0 fully saturated rings. The first-order valence-electron chi connectivity index (χ1n) is 6.47. The molecule has 1 aliphatic carbocycles. The molecule has 0 N–H and O–H groups in total. The molecular formula is C18H12O. The van der Waals surface area contributed by atoms with Crippen molar-refractivity contribution in [2.24, 2.45) is 0 Å². The minimum absolute atomic E-state index is 0.187. The van der Waals surface area contributed by atoms with Crippen LogP contribution in [-0.2, 0) is 4.79 Å². The molecule has 0 aliphatic heterocycles. The van der Waals surface area contributed by atoms with Crippen molar-refractivity contribution in [1.29, 1.82) is 0 Å². The number of hydrogen-bond donors (Lipinski definition) is 0.